The fourth-order valence-electron chi connectivity index (χ4n) is 11.3. The lowest BCUT2D eigenvalue weighted by atomic mass is 9.98. The van der Waals surface area contributed by atoms with Gasteiger partial charge in [-0.05, 0) is 158 Å². The highest BCUT2D eigenvalue weighted by atomic mass is 15.3. The van der Waals surface area contributed by atoms with Crippen LogP contribution in [0.1, 0.15) is 11.7 Å². The van der Waals surface area contributed by atoms with Crippen molar-refractivity contribution in [2.45, 2.75) is 6.17 Å². The molecule has 374 valence electrons. The monoisotopic (exact) mass is 1010 g/mol. The Bertz CT molecular complexity index is 4240. The second-order valence-corrected chi connectivity index (χ2v) is 20.1. The fourth-order valence-corrected chi connectivity index (χ4v) is 11.3. The first-order valence-electron chi connectivity index (χ1n) is 27.0. The Morgan fingerprint density at radius 2 is 0.709 bits per heavy atom. The molecule has 13 aromatic rings. The summed E-state index contributed by atoms with van der Waals surface area (Å²) in [7, 11) is 0. The molecule has 1 aliphatic heterocycles. The summed E-state index contributed by atoms with van der Waals surface area (Å²) in [4.78, 5) is 9.99. The summed E-state index contributed by atoms with van der Waals surface area (Å²) in [5, 5.41) is 3.86. The Labute approximate surface area is 461 Å². The summed E-state index contributed by atoms with van der Waals surface area (Å²) in [6.45, 7) is 0. The molecule has 5 nitrogen and oxygen atoms in total. The molecule has 79 heavy (non-hydrogen) atoms. The van der Waals surface area contributed by atoms with Crippen LogP contribution in [0.15, 0.2) is 309 Å². The van der Waals surface area contributed by atoms with Gasteiger partial charge in [0.2, 0.25) is 0 Å². The van der Waals surface area contributed by atoms with E-state index in [0.717, 1.165) is 101 Å². The second-order valence-electron chi connectivity index (χ2n) is 20.1. The van der Waals surface area contributed by atoms with Crippen LogP contribution in [0.3, 0.4) is 0 Å². The lowest BCUT2D eigenvalue weighted by molar-refractivity contribution is 0.828. The van der Waals surface area contributed by atoms with Gasteiger partial charge in [0, 0.05) is 34.0 Å². The van der Waals surface area contributed by atoms with E-state index in [9.17, 15) is 0 Å². The summed E-state index contributed by atoms with van der Waals surface area (Å²) >= 11 is 0. The van der Waals surface area contributed by atoms with E-state index in [1.165, 1.54) is 22.3 Å². The summed E-state index contributed by atoms with van der Waals surface area (Å²) in [5.74, 6) is 0.925. The van der Waals surface area contributed by atoms with Crippen LogP contribution < -0.4 is 15.1 Å². The third kappa shape index (κ3) is 9.19. The van der Waals surface area contributed by atoms with Crippen LogP contribution in [0.5, 0.6) is 0 Å². The minimum absolute atomic E-state index is 0.0175. The minimum Gasteiger partial charge on any atom is -0.359 e. The van der Waals surface area contributed by atoms with Crippen molar-refractivity contribution in [3.63, 3.8) is 0 Å². The van der Waals surface area contributed by atoms with Crippen LogP contribution >= 0.6 is 0 Å². The summed E-state index contributed by atoms with van der Waals surface area (Å²) in [6, 6.07) is 111. The summed E-state index contributed by atoms with van der Waals surface area (Å²) in [6.07, 6.45) is -0.0175. The van der Waals surface area contributed by atoms with Crippen molar-refractivity contribution in [2.75, 3.05) is 15.1 Å². The molecule has 2 heterocycles. The van der Waals surface area contributed by atoms with Gasteiger partial charge < -0.3 is 15.1 Å². The van der Waals surface area contributed by atoms with Crippen molar-refractivity contribution in [2.24, 2.45) is 0 Å². The van der Waals surface area contributed by atoms with E-state index in [4.69, 9.17) is 4.98 Å². The highest BCUT2D eigenvalue weighted by Gasteiger charge is 2.31. The smallest absolute Gasteiger partial charge is 0.145 e. The SMILES string of the molecule is c1ccc(-c2ccc(N(c3ccc(-c4cccc(-c5ccc6c(c5)NC(c5ccccc5)N6c5ccccc5)c4)cc3)c3ccc(-c4cccc(-c5ccc6c(c5)nc(-c5ccccc5)n6-c5ccccc5)c4)cc3)cc2)cc1. The first-order valence-corrected chi connectivity index (χ1v) is 27.0. The lowest BCUT2D eigenvalue weighted by Gasteiger charge is -2.27. The van der Waals surface area contributed by atoms with Crippen LogP contribution in [0, 0.1) is 0 Å². The number of imidazole rings is 1. The standard InChI is InChI=1S/C74H53N5/c1-6-18-52(19-7-1)53-32-40-66(41-33-53)77(67-42-34-54(35-43-67)58-24-16-26-60(48-58)62-38-46-71-69(50-62)75-73(56-20-8-2-9-21-56)78(71)64-28-12-4-13-29-64)68-44-36-55(37-45-68)59-25-17-27-61(49-59)63-39-47-72-70(51-63)76-74(57-22-10-3-11-23-57)79(72)65-30-14-5-15-31-65/h1-51,73,75H. The van der Waals surface area contributed by atoms with Crippen molar-refractivity contribution >= 4 is 45.2 Å². The van der Waals surface area contributed by atoms with Crippen LogP contribution in [0.2, 0.25) is 0 Å². The molecule has 1 aliphatic rings. The van der Waals surface area contributed by atoms with Crippen molar-refractivity contribution in [1.82, 2.24) is 9.55 Å². The van der Waals surface area contributed by atoms with Gasteiger partial charge in [0.05, 0.1) is 22.4 Å². The molecule has 5 heteroatoms. The van der Waals surface area contributed by atoms with Crippen molar-refractivity contribution in [1.29, 1.82) is 0 Å². The van der Waals surface area contributed by atoms with Crippen LogP contribution in [0.25, 0.3) is 83.7 Å². The predicted molar refractivity (Wildman–Crippen MR) is 330 cm³/mol. The molecule has 1 unspecified atom stereocenters. The third-order valence-corrected chi connectivity index (χ3v) is 15.2. The molecular weight excluding hydrogens is 959 g/mol. The van der Waals surface area contributed by atoms with Gasteiger partial charge in [-0.15, -0.1) is 0 Å². The Hall–Kier alpha value is -10.5. The van der Waals surface area contributed by atoms with E-state index in [-0.39, 0.29) is 6.17 Å². The number of hydrogen-bond donors (Lipinski definition) is 1. The zero-order valence-electron chi connectivity index (χ0n) is 43.3. The van der Waals surface area contributed by atoms with Gasteiger partial charge in [0.15, 0.2) is 0 Å². The number of nitrogens with zero attached hydrogens (tertiary/aromatic N) is 4. The maximum atomic E-state index is 5.24. The molecule has 0 fully saturated rings. The quantitative estimate of drug-likeness (QED) is 0.132. The van der Waals surface area contributed by atoms with Crippen molar-refractivity contribution in [3.8, 4) is 72.7 Å². The van der Waals surface area contributed by atoms with E-state index >= 15 is 0 Å². The minimum atomic E-state index is -0.0175. The first kappa shape index (κ1) is 47.0. The normalized spacial score (nSPS) is 12.8. The zero-order chi connectivity index (χ0) is 52.5. The average Bonchev–Trinajstić information content (AvgIpc) is 4.14. The van der Waals surface area contributed by atoms with Crippen LogP contribution in [-0.2, 0) is 0 Å². The molecule has 1 aromatic heterocycles. The number of aromatic nitrogens is 2. The van der Waals surface area contributed by atoms with Gasteiger partial charge in [0.25, 0.3) is 0 Å². The van der Waals surface area contributed by atoms with Crippen molar-refractivity contribution in [3.05, 3.63) is 315 Å². The molecule has 0 spiro atoms. The second kappa shape index (κ2) is 20.6. The maximum Gasteiger partial charge on any atom is 0.145 e. The van der Waals surface area contributed by atoms with Gasteiger partial charge in [-0.25, -0.2) is 4.98 Å². The van der Waals surface area contributed by atoms with Crippen molar-refractivity contribution < 1.29 is 0 Å². The van der Waals surface area contributed by atoms with E-state index in [0.29, 0.717) is 0 Å². The number of anilines is 6. The highest BCUT2D eigenvalue weighted by molar-refractivity contribution is 5.90. The van der Waals surface area contributed by atoms with Gasteiger partial charge in [-0.2, -0.15) is 0 Å². The third-order valence-electron chi connectivity index (χ3n) is 15.2. The molecule has 12 aromatic carbocycles. The van der Waals surface area contributed by atoms with Crippen LogP contribution in [-0.4, -0.2) is 9.55 Å². The molecule has 14 rings (SSSR count). The zero-order valence-corrected chi connectivity index (χ0v) is 43.3. The summed E-state index contributed by atoms with van der Waals surface area (Å²) in [5.41, 5.74) is 23.6. The lowest BCUT2D eigenvalue weighted by Crippen LogP contribution is -2.23. The van der Waals surface area contributed by atoms with Gasteiger partial charge in [-0.3, -0.25) is 4.57 Å². The number of rotatable bonds is 12. The van der Waals surface area contributed by atoms with E-state index in [2.05, 4.69) is 323 Å². The molecule has 1 atom stereocenters. The Morgan fingerprint density at radius 1 is 0.316 bits per heavy atom. The van der Waals surface area contributed by atoms with Crippen LogP contribution in [0.4, 0.5) is 34.1 Å². The average molecular weight is 1010 g/mol. The number of nitrogens with one attached hydrogen (secondary N) is 1. The van der Waals surface area contributed by atoms with E-state index in [1.807, 2.05) is 6.07 Å². The number of benzene rings is 12. The largest absolute Gasteiger partial charge is 0.359 e. The number of fused-ring (bicyclic) bond motifs is 2. The molecular formula is C74H53N5. The van der Waals surface area contributed by atoms with Gasteiger partial charge >= 0.3 is 0 Å². The van der Waals surface area contributed by atoms with E-state index < -0.39 is 0 Å². The predicted octanol–water partition coefficient (Wildman–Crippen LogP) is 19.8. The highest BCUT2D eigenvalue weighted by Crippen LogP contribution is 2.48. The molecule has 0 bridgehead atoms. The first-order chi connectivity index (χ1) is 39.1. The molecule has 0 radical (unpaired) electrons. The van der Waals surface area contributed by atoms with E-state index in [1.54, 1.807) is 0 Å². The Morgan fingerprint density at radius 3 is 1.25 bits per heavy atom. The fraction of sp³-hybridized carbons (Fsp3) is 0.0135. The molecule has 1 N–H and O–H groups in total. The molecule has 0 aliphatic carbocycles. The summed E-state index contributed by atoms with van der Waals surface area (Å²) < 4.78 is 2.26. The number of para-hydroxylation sites is 2. The molecule has 0 saturated heterocycles. The molecule has 0 amide bonds. The van der Waals surface area contributed by atoms with Gasteiger partial charge in [-0.1, -0.05) is 212 Å². The van der Waals surface area contributed by atoms with Gasteiger partial charge in [0.1, 0.15) is 12.0 Å². The topological polar surface area (TPSA) is 36.3 Å². The number of hydrogen-bond acceptors (Lipinski definition) is 4. The Balaban J connectivity index is 0.762. The Kier molecular flexibility index (Phi) is 12.2. The maximum absolute atomic E-state index is 5.24. The molecule has 0 saturated carbocycles.